The van der Waals surface area contributed by atoms with Crippen LogP contribution >= 0.6 is 11.8 Å². The maximum Gasteiger partial charge on any atom is 0.261 e. The van der Waals surface area contributed by atoms with E-state index in [1.165, 1.54) is 16.7 Å². The number of amides is 2. The summed E-state index contributed by atoms with van der Waals surface area (Å²) in [5.74, 6) is -0.447. The highest BCUT2D eigenvalue weighted by Crippen LogP contribution is 2.42. The Balaban J connectivity index is 1.57. The molecule has 1 aliphatic heterocycles. The van der Waals surface area contributed by atoms with Crippen molar-refractivity contribution in [3.05, 3.63) is 59.8 Å². The Bertz CT molecular complexity index is 818. The van der Waals surface area contributed by atoms with Crippen LogP contribution in [0, 0.1) is 0 Å². The Hall–Kier alpha value is -2.18. The molecule has 134 valence electrons. The fourth-order valence-corrected chi connectivity index (χ4v) is 5.01. The Morgan fingerprint density at radius 2 is 1.77 bits per heavy atom. The van der Waals surface area contributed by atoms with Crippen LogP contribution < -0.4 is 0 Å². The number of aliphatic hydroxyl groups is 1. The van der Waals surface area contributed by atoms with Crippen LogP contribution in [0.25, 0.3) is 0 Å². The first kappa shape index (κ1) is 17.2. The standard InChI is InChI=1S/C20H20N2O3S/c1-20(25)10-9-13(12-16(20)26-17-8-4-5-11-21-17)22-18(23)14-6-2-3-7-15(14)19(22)24/h2-8,11,13,16,25H,9-10,12H2,1H3/t13-,16+,20+/m1/s1. The predicted octanol–water partition coefficient (Wildman–Crippen LogP) is 3.14. The number of fused-ring (bicyclic) bond motifs is 1. The van der Waals surface area contributed by atoms with E-state index in [9.17, 15) is 14.7 Å². The van der Waals surface area contributed by atoms with E-state index in [1.807, 2.05) is 25.1 Å². The topological polar surface area (TPSA) is 70.5 Å². The van der Waals surface area contributed by atoms with Gasteiger partial charge in [-0.1, -0.05) is 30.0 Å². The van der Waals surface area contributed by atoms with Gasteiger partial charge >= 0.3 is 0 Å². The van der Waals surface area contributed by atoms with E-state index in [1.54, 1.807) is 30.5 Å². The summed E-state index contributed by atoms with van der Waals surface area (Å²) < 4.78 is 0. The van der Waals surface area contributed by atoms with Crippen molar-refractivity contribution < 1.29 is 14.7 Å². The average Bonchev–Trinajstić information content (AvgIpc) is 2.89. The van der Waals surface area contributed by atoms with Crippen LogP contribution in [-0.2, 0) is 0 Å². The minimum atomic E-state index is -0.864. The lowest BCUT2D eigenvalue weighted by atomic mass is 9.82. The van der Waals surface area contributed by atoms with E-state index >= 15 is 0 Å². The molecule has 1 aromatic carbocycles. The summed E-state index contributed by atoms with van der Waals surface area (Å²) >= 11 is 1.51. The molecule has 5 nitrogen and oxygen atoms in total. The van der Waals surface area contributed by atoms with Crippen molar-refractivity contribution in [2.75, 3.05) is 0 Å². The maximum atomic E-state index is 12.8. The van der Waals surface area contributed by atoms with Crippen LogP contribution in [-0.4, -0.2) is 43.7 Å². The minimum absolute atomic E-state index is 0.138. The first-order chi connectivity index (χ1) is 12.5. The lowest BCUT2D eigenvalue weighted by molar-refractivity contribution is 0.00442. The molecule has 0 unspecified atom stereocenters. The molecule has 3 atom stereocenters. The first-order valence-electron chi connectivity index (χ1n) is 8.74. The van der Waals surface area contributed by atoms with Gasteiger partial charge < -0.3 is 5.11 Å². The van der Waals surface area contributed by atoms with E-state index < -0.39 is 5.60 Å². The number of aromatic nitrogens is 1. The lowest BCUT2D eigenvalue weighted by Gasteiger charge is -2.42. The number of thioether (sulfide) groups is 1. The molecule has 4 rings (SSSR count). The Kier molecular flexibility index (Phi) is 4.32. The number of pyridine rings is 1. The van der Waals surface area contributed by atoms with E-state index in [0.717, 1.165) is 5.03 Å². The van der Waals surface area contributed by atoms with Gasteiger partial charge in [-0.3, -0.25) is 14.5 Å². The van der Waals surface area contributed by atoms with Crippen molar-refractivity contribution in [2.24, 2.45) is 0 Å². The molecule has 1 aliphatic carbocycles. The molecule has 6 heteroatoms. The molecule has 2 heterocycles. The highest BCUT2D eigenvalue weighted by atomic mass is 32.2. The highest BCUT2D eigenvalue weighted by molar-refractivity contribution is 8.00. The van der Waals surface area contributed by atoms with E-state index in [0.29, 0.717) is 30.4 Å². The average molecular weight is 368 g/mol. The van der Waals surface area contributed by atoms with Crippen molar-refractivity contribution in [2.45, 2.75) is 48.1 Å². The highest BCUT2D eigenvalue weighted by Gasteiger charge is 2.46. The van der Waals surface area contributed by atoms with E-state index in [-0.39, 0.29) is 23.1 Å². The molecule has 1 N–H and O–H groups in total. The van der Waals surface area contributed by atoms with E-state index in [4.69, 9.17) is 0 Å². The Labute approximate surface area is 156 Å². The summed E-state index contributed by atoms with van der Waals surface area (Å²) in [7, 11) is 0. The van der Waals surface area contributed by atoms with Crippen molar-refractivity contribution in [1.29, 1.82) is 0 Å². The second-order valence-corrected chi connectivity index (χ2v) is 8.31. The SMILES string of the molecule is C[C@]1(O)CC[C@@H](N2C(=O)c3ccccc3C2=O)C[C@@H]1Sc1ccccn1. The van der Waals surface area contributed by atoms with Crippen LogP contribution in [0.2, 0.25) is 0 Å². The van der Waals surface area contributed by atoms with E-state index in [2.05, 4.69) is 4.98 Å². The van der Waals surface area contributed by atoms with Gasteiger partial charge in [-0.2, -0.15) is 0 Å². The van der Waals surface area contributed by atoms with Crippen molar-refractivity contribution >= 4 is 23.6 Å². The van der Waals surface area contributed by atoms with Crippen molar-refractivity contribution in [3.63, 3.8) is 0 Å². The van der Waals surface area contributed by atoms with Gasteiger partial charge in [0.05, 0.1) is 21.8 Å². The van der Waals surface area contributed by atoms with Crippen molar-refractivity contribution in [3.8, 4) is 0 Å². The normalized spacial score (nSPS) is 28.3. The molecular formula is C20H20N2O3S. The zero-order valence-electron chi connectivity index (χ0n) is 14.5. The van der Waals surface area contributed by atoms with Gasteiger partial charge in [0.15, 0.2) is 0 Å². The molecule has 0 radical (unpaired) electrons. The van der Waals surface area contributed by atoms with Gasteiger partial charge in [-0.25, -0.2) is 4.98 Å². The molecule has 26 heavy (non-hydrogen) atoms. The summed E-state index contributed by atoms with van der Waals surface area (Å²) in [6.45, 7) is 1.83. The zero-order chi connectivity index (χ0) is 18.3. The van der Waals surface area contributed by atoms with Crippen molar-refractivity contribution in [1.82, 2.24) is 9.88 Å². The molecule has 1 aromatic heterocycles. The van der Waals surface area contributed by atoms with Crippen LogP contribution in [0.15, 0.2) is 53.7 Å². The zero-order valence-corrected chi connectivity index (χ0v) is 15.3. The number of benzene rings is 1. The second-order valence-electron chi connectivity index (χ2n) is 7.09. The number of carbonyl (C=O) groups is 2. The molecule has 1 fully saturated rings. The summed E-state index contributed by atoms with van der Waals surface area (Å²) in [6.07, 6.45) is 3.43. The third-order valence-electron chi connectivity index (χ3n) is 5.25. The number of hydrogen-bond donors (Lipinski definition) is 1. The largest absolute Gasteiger partial charge is 0.389 e. The molecule has 2 amide bonds. The van der Waals surface area contributed by atoms with Gasteiger partial charge in [0.2, 0.25) is 0 Å². The minimum Gasteiger partial charge on any atom is -0.389 e. The fourth-order valence-electron chi connectivity index (χ4n) is 3.75. The van der Waals surface area contributed by atoms with Gasteiger partial charge in [-0.15, -0.1) is 0 Å². The molecular weight excluding hydrogens is 348 g/mol. The summed E-state index contributed by atoms with van der Waals surface area (Å²) in [5.41, 5.74) is 0.0877. The third kappa shape index (κ3) is 2.93. The number of imide groups is 1. The second kappa shape index (κ2) is 6.52. The monoisotopic (exact) mass is 368 g/mol. The fraction of sp³-hybridized carbons (Fsp3) is 0.350. The molecule has 2 aliphatic rings. The molecule has 2 aromatic rings. The number of hydrogen-bond acceptors (Lipinski definition) is 5. The lowest BCUT2D eigenvalue weighted by Crippen LogP contribution is -2.51. The number of rotatable bonds is 3. The third-order valence-corrected chi connectivity index (χ3v) is 6.72. The maximum absolute atomic E-state index is 12.8. The van der Waals surface area contributed by atoms with Crippen LogP contribution in [0.5, 0.6) is 0 Å². The molecule has 0 spiro atoms. The summed E-state index contributed by atoms with van der Waals surface area (Å²) in [6, 6.07) is 12.4. The molecule has 0 bridgehead atoms. The summed E-state index contributed by atoms with van der Waals surface area (Å²) in [4.78, 5) is 31.2. The smallest absolute Gasteiger partial charge is 0.261 e. The first-order valence-corrected chi connectivity index (χ1v) is 9.62. The summed E-state index contributed by atoms with van der Waals surface area (Å²) in [5, 5.41) is 11.5. The van der Waals surface area contributed by atoms with Gasteiger partial charge in [0, 0.05) is 17.5 Å². The Morgan fingerprint density at radius 3 is 2.38 bits per heavy atom. The van der Waals surface area contributed by atoms with Gasteiger partial charge in [0.25, 0.3) is 11.8 Å². The predicted molar refractivity (Wildman–Crippen MR) is 99.1 cm³/mol. The number of carbonyl (C=O) groups excluding carboxylic acids is 2. The van der Waals surface area contributed by atoms with Crippen LogP contribution in [0.3, 0.4) is 0 Å². The quantitative estimate of drug-likeness (QED) is 0.843. The Morgan fingerprint density at radius 1 is 1.12 bits per heavy atom. The molecule has 0 saturated heterocycles. The molecule has 1 saturated carbocycles. The van der Waals surface area contributed by atoms with Gasteiger partial charge in [-0.05, 0) is 50.5 Å². The van der Waals surface area contributed by atoms with Crippen LogP contribution in [0.1, 0.15) is 46.9 Å². The van der Waals surface area contributed by atoms with Gasteiger partial charge in [0.1, 0.15) is 0 Å². The number of nitrogens with zero attached hydrogens (tertiary/aromatic N) is 2. The van der Waals surface area contributed by atoms with Crippen LogP contribution in [0.4, 0.5) is 0 Å².